The molecule has 148 valence electrons. The minimum absolute atomic E-state index is 0. The Hall–Kier alpha value is -0.850. The lowest BCUT2D eigenvalue weighted by Gasteiger charge is -2.34. The number of nitrogens with one attached hydrogen (secondary N) is 1. The van der Waals surface area contributed by atoms with Gasteiger partial charge >= 0.3 is 0 Å². The lowest BCUT2D eigenvalue weighted by molar-refractivity contribution is -0.136. The number of hydrogen-bond acceptors (Lipinski definition) is 4. The van der Waals surface area contributed by atoms with Crippen LogP contribution in [0.3, 0.4) is 0 Å². The van der Waals surface area contributed by atoms with Crippen LogP contribution in [0.25, 0.3) is 0 Å². The third-order valence-electron chi connectivity index (χ3n) is 5.47. The number of ether oxygens (including phenoxy) is 1. The molecule has 2 heterocycles. The second-order valence-electron chi connectivity index (χ2n) is 7.03. The number of carbonyl (C=O) groups is 1. The van der Waals surface area contributed by atoms with Crippen molar-refractivity contribution in [3.05, 3.63) is 35.4 Å². The van der Waals surface area contributed by atoms with Crippen molar-refractivity contribution in [2.24, 2.45) is 11.1 Å². The highest BCUT2D eigenvalue weighted by Gasteiger charge is 2.38. The lowest BCUT2D eigenvalue weighted by atomic mass is 9.79. The maximum Gasteiger partial charge on any atom is 0.227 e. The number of carbonyl (C=O) groups excluding carboxylic acids is 1. The summed E-state index contributed by atoms with van der Waals surface area (Å²) in [6.07, 6.45) is 4.01. The molecule has 7 heteroatoms. The van der Waals surface area contributed by atoms with Crippen LogP contribution in [0.1, 0.15) is 36.8 Å². The Morgan fingerprint density at radius 2 is 1.73 bits per heavy atom. The van der Waals surface area contributed by atoms with Gasteiger partial charge in [-0.3, -0.25) is 9.69 Å². The molecule has 0 atom stereocenters. The fraction of sp³-hybridized carbons (Fsp3) is 0.632. The Balaban J connectivity index is 0.00000169. The zero-order valence-corrected chi connectivity index (χ0v) is 16.9. The SMILES string of the molecule is Cl.Cl.NCC1(C(=O)NCc2ccccc2CN2CCCC2)CCOCC1. The van der Waals surface area contributed by atoms with Gasteiger partial charge in [0.05, 0.1) is 5.41 Å². The van der Waals surface area contributed by atoms with Crippen LogP contribution in [0.4, 0.5) is 0 Å². The Labute approximate surface area is 168 Å². The Bertz CT molecular complexity index is 559. The summed E-state index contributed by atoms with van der Waals surface area (Å²) in [4.78, 5) is 15.2. The number of amides is 1. The van der Waals surface area contributed by atoms with Crippen molar-refractivity contribution in [2.75, 3.05) is 32.8 Å². The average Bonchev–Trinajstić information content (AvgIpc) is 3.14. The number of hydrogen-bond donors (Lipinski definition) is 2. The number of rotatable bonds is 6. The molecule has 0 saturated carbocycles. The van der Waals surface area contributed by atoms with Crippen molar-refractivity contribution in [1.29, 1.82) is 0 Å². The minimum atomic E-state index is -0.456. The molecule has 0 radical (unpaired) electrons. The van der Waals surface area contributed by atoms with Gasteiger partial charge in [0.25, 0.3) is 0 Å². The van der Waals surface area contributed by atoms with Crippen molar-refractivity contribution < 1.29 is 9.53 Å². The Morgan fingerprint density at radius 3 is 2.35 bits per heavy atom. The summed E-state index contributed by atoms with van der Waals surface area (Å²) in [5.41, 5.74) is 7.99. The molecule has 26 heavy (non-hydrogen) atoms. The van der Waals surface area contributed by atoms with E-state index < -0.39 is 5.41 Å². The predicted molar refractivity (Wildman–Crippen MR) is 109 cm³/mol. The van der Waals surface area contributed by atoms with E-state index >= 15 is 0 Å². The molecule has 2 fully saturated rings. The van der Waals surface area contributed by atoms with Crippen LogP contribution >= 0.6 is 24.8 Å². The number of nitrogens with two attached hydrogens (primary N) is 1. The molecule has 2 aliphatic heterocycles. The van der Waals surface area contributed by atoms with E-state index in [0.717, 1.165) is 6.54 Å². The summed E-state index contributed by atoms with van der Waals surface area (Å²) in [6, 6.07) is 8.41. The standard InChI is InChI=1S/C19H29N3O2.2ClH/c20-15-19(7-11-24-12-8-19)18(23)21-13-16-5-1-2-6-17(16)14-22-9-3-4-10-22;;/h1-2,5-6H,3-4,7-15,20H2,(H,21,23);2*1H. The topological polar surface area (TPSA) is 67.6 Å². The summed E-state index contributed by atoms with van der Waals surface area (Å²) >= 11 is 0. The summed E-state index contributed by atoms with van der Waals surface area (Å²) in [5.74, 6) is 0.0734. The first-order valence-corrected chi connectivity index (χ1v) is 9.09. The molecule has 1 amide bonds. The van der Waals surface area contributed by atoms with E-state index in [1.54, 1.807) is 0 Å². The van der Waals surface area contributed by atoms with Gasteiger partial charge in [-0.25, -0.2) is 0 Å². The average molecular weight is 404 g/mol. The first kappa shape index (κ1) is 23.2. The summed E-state index contributed by atoms with van der Waals surface area (Å²) in [5, 5.41) is 3.13. The largest absolute Gasteiger partial charge is 0.381 e. The van der Waals surface area contributed by atoms with Crippen LogP contribution in [0.15, 0.2) is 24.3 Å². The van der Waals surface area contributed by atoms with Crippen LogP contribution in [-0.4, -0.2) is 43.7 Å². The molecular weight excluding hydrogens is 373 g/mol. The highest BCUT2D eigenvalue weighted by atomic mass is 35.5. The van der Waals surface area contributed by atoms with Crippen molar-refractivity contribution in [1.82, 2.24) is 10.2 Å². The second-order valence-corrected chi connectivity index (χ2v) is 7.03. The van der Waals surface area contributed by atoms with E-state index in [1.807, 2.05) is 6.07 Å². The van der Waals surface area contributed by atoms with Crippen LogP contribution in [0, 0.1) is 5.41 Å². The third kappa shape index (κ3) is 5.57. The van der Waals surface area contributed by atoms with Gasteiger partial charge in [0.2, 0.25) is 5.91 Å². The maximum absolute atomic E-state index is 12.7. The van der Waals surface area contributed by atoms with Gasteiger partial charge in [0.1, 0.15) is 0 Å². The van der Waals surface area contributed by atoms with Gasteiger partial charge in [-0.2, -0.15) is 0 Å². The van der Waals surface area contributed by atoms with E-state index in [4.69, 9.17) is 10.5 Å². The molecule has 3 N–H and O–H groups in total. The molecule has 1 aromatic rings. The molecule has 0 spiro atoms. The molecule has 0 bridgehead atoms. The van der Waals surface area contributed by atoms with Crippen LogP contribution in [0.5, 0.6) is 0 Å². The minimum Gasteiger partial charge on any atom is -0.381 e. The highest BCUT2D eigenvalue weighted by molar-refractivity contribution is 5.85. The van der Waals surface area contributed by atoms with E-state index in [-0.39, 0.29) is 30.7 Å². The van der Waals surface area contributed by atoms with Crippen LogP contribution < -0.4 is 11.1 Å². The Morgan fingerprint density at radius 1 is 1.12 bits per heavy atom. The molecule has 5 nitrogen and oxygen atoms in total. The summed E-state index contributed by atoms with van der Waals surface area (Å²) in [7, 11) is 0. The van der Waals surface area contributed by atoms with Gasteiger partial charge in [-0.15, -0.1) is 24.8 Å². The molecule has 0 aromatic heterocycles. The predicted octanol–water partition coefficient (Wildman–Crippen LogP) is 2.50. The summed E-state index contributed by atoms with van der Waals surface area (Å²) in [6.45, 7) is 5.53. The molecule has 2 saturated heterocycles. The number of likely N-dealkylation sites (tertiary alicyclic amines) is 1. The molecule has 0 aliphatic carbocycles. The van der Waals surface area contributed by atoms with Crippen LogP contribution in [-0.2, 0) is 22.6 Å². The van der Waals surface area contributed by atoms with Crippen molar-refractivity contribution in [3.63, 3.8) is 0 Å². The third-order valence-corrected chi connectivity index (χ3v) is 5.47. The zero-order valence-electron chi connectivity index (χ0n) is 15.2. The first-order valence-electron chi connectivity index (χ1n) is 9.09. The van der Waals surface area contributed by atoms with E-state index in [2.05, 4.69) is 28.4 Å². The van der Waals surface area contributed by atoms with Crippen molar-refractivity contribution >= 4 is 30.7 Å². The molecule has 0 unspecified atom stereocenters. The van der Waals surface area contributed by atoms with Crippen LogP contribution in [0.2, 0.25) is 0 Å². The first-order chi connectivity index (χ1) is 11.7. The molecule has 3 rings (SSSR count). The smallest absolute Gasteiger partial charge is 0.227 e. The monoisotopic (exact) mass is 403 g/mol. The number of nitrogens with zero attached hydrogens (tertiary/aromatic N) is 1. The normalized spacial score (nSPS) is 19.3. The van der Waals surface area contributed by atoms with E-state index in [0.29, 0.717) is 39.1 Å². The van der Waals surface area contributed by atoms with E-state index in [1.165, 1.54) is 37.1 Å². The molecular formula is C19H31Cl2N3O2. The van der Waals surface area contributed by atoms with E-state index in [9.17, 15) is 4.79 Å². The number of halogens is 2. The number of benzene rings is 1. The second kappa shape index (κ2) is 11.1. The van der Waals surface area contributed by atoms with Gasteiger partial charge in [-0.1, -0.05) is 24.3 Å². The Kier molecular flexibility index (Phi) is 9.90. The highest BCUT2D eigenvalue weighted by Crippen LogP contribution is 2.29. The maximum atomic E-state index is 12.7. The van der Waals surface area contributed by atoms with Gasteiger partial charge in [-0.05, 0) is 49.9 Å². The lowest BCUT2D eigenvalue weighted by Crippen LogP contribution is -2.49. The van der Waals surface area contributed by atoms with Gasteiger partial charge < -0.3 is 15.8 Å². The van der Waals surface area contributed by atoms with Crippen molar-refractivity contribution in [3.8, 4) is 0 Å². The zero-order chi connectivity index (χ0) is 16.8. The fourth-order valence-corrected chi connectivity index (χ4v) is 3.71. The summed E-state index contributed by atoms with van der Waals surface area (Å²) < 4.78 is 5.39. The molecule has 1 aromatic carbocycles. The molecule has 2 aliphatic rings. The fourth-order valence-electron chi connectivity index (χ4n) is 3.71. The quantitative estimate of drug-likeness (QED) is 0.765. The van der Waals surface area contributed by atoms with Gasteiger partial charge in [0.15, 0.2) is 0 Å². The van der Waals surface area contributed by atoms with Crippen molar-refractivity contribution in [2.45, 2.75) is 38.8 Å². The van der Waals surface area contributed by atoms with Gasteiger partial charge in [0, 0.05) is 32.8 Å².